The van der Waals surface area contributed by atoms with Gasteiger partial charge in [0.1, 0.15) is 30.3 Å². The molecule has 2 atom stereocenters. The highest BCUT2D eigenvalue weighted by Gasteiger charge is 2.33. The number of hydrogen-bond donors (Lipinski definition) is 1. The molecule has 1 fully saturated rings. The maximum atomic E-state index is 14.3. The van der Waals surface area contributed by atoms with Crippen molar-refractivity contribution < 1.29 is 23.8 Å². The summed E-state index contributed by atoms with van der Waals surface area (Å²) in [6, 6.07) is 16.4. The molecule has 1 aliphatic heterocycles. The number of carbonyl (C=O) groups is 1. The zero-order valence-corrected chi connectivity index (χ0v) is 14.5. The minimum absolute atomic E-state index is 0.187. The van der Waals surface area contributed by atoms with E-state index < -0.39 is 18.4 Å². The number of rotatable bonds is 5. The molecule has 0 radical (unpaired) electrons. The van der Waals surface area contributed by atoms with Crippen molar-refractivity contribution in [2.75, 3.05) is 13.1 Å². The van der Waals surface area contributed by atoms with Crippen LogP contribution in [0.15, 0.2) is 48.5 Å². The van der Waals surface area contributed by atoms with E-state index in [1.807, 2.05) is 36.4 Å². The third-order valence-electron chi connectivity index (χ3n) is 4.35. The molecule has 6 nitrogen and oxygen atoms in total. The maximum Gasteiger partial charge on any atom is 0.407 e. The number of piperidine rings is 1. The molecular formula is C20H19FN2O4. The highest BCUT2D eigenvalue weighted by atomic mass is 19.1. The number of ether oxygens (including phenoxy) is 2. The van der Waals surface area contributed by atoms with E-state index in [0.29, 0.717) is 12.4 Å². The van der Waals surface area contributed by atoms with E-state index in [-0.39, 0.29) is 30.8 Å². The van der Waals surface area contributed by atoms with E-state index in [2.05, 4.69) is 0 Å². The molecule has 1 saturated heterocycles. The summed E-state index contributed by atoms with van der Waals surface area (Å²) in [5.74, 6) is 0.741. The largest absolute Gasteiger partial charge is 0.489 e. The Bertz CT molecular complexity index is 838. The molecule has 0 spiro atoms. The molecule has 7 heteroatoms. The van der Waals surface area contributed by atoms with Crippen LogP contribution in [0.25, 0.3) is 0 Å². The van der Waals surface area contributed by atoms with E-state index in [1.165, 1.54) is 0 Å². The van der Waals surface area contributed by atoms with E-state index in [1.54, 1.807) is 18.2 Å². The van der Waals surface area contributed by atoms with Crippen molar-refractivity contribution in [2.45, 2.75) is 25.3 Å². The SMILES string of the molecule is N#Cc1ccc(OCc2ccccc2)cc1O[C@H]1CCN(C(=O)O)C[C@@H]1F. The van der Waals surface area contributed by atoms with Crippen LogP contribution in [-0.2, 0) is 6.61 Å². The van der Waals surface area contributed by atoms with Gasteiger partial charge in [-0.05, 0) is 17.7 Å². The van der Waals surface area contributed by atoms with Crippen molar-refractivity contribution in [3.8, 4) is 17.6 Å². The van der Waals surface area contributed by atoms with Gasteiger partial charge >= 0.3 is 6.09 Å². The van der Waals surface area contributed by atoms with Gasteiger partial charge in [-0.2, -0.15) is 5.26 Å². The molecule has 0 unspecified atom stereocenters. The van der Waals surface area contributed by atoms with Crippen LogP contribution in [0, 0.1) is 11.3 Å². The molecule has 1 heterocycles. The van der Waals surface area contributed by atoms with Gasteiger partial charge in [0.2, 0.25) is 0 Å². The van der Waals surface area contributed by atoms with Crippen molar-refractivity contribution in [2.24, 2.45) is 0 Å². The monoisotopic (exact) mass is 370 g/mol. The van der Waals surface area contributed by atoms with Gasteiger partial charge < -0.3 is 19.5 Å². The van der Waals surface area contributed by atoms with Gasteiger partial charge in [-0.15, -0.1) is 0 Å². The minimum atomic E-state index is -1.46. The fourth-order valence-electron chi connectivity index (χ4n) is 2.88. The smallest absolute Gasteiger partial charge is 0.407 e. The summed E-state index contributed by atoms with van der Waals surface area (Å²) in [5, 5.41) is 18.2. The predicted octanol–water partition coefficient (Wildman–Crippen LogP) is 3.61. The van der Waals surface area contributed by atoms with Gasteiger partial charge in [-0.1, -0.05) is 30.3 Å². The van der Waals surface area contributed by atoms with Gasteiger partial charge in [0.15, 0.2) is 6.17 Å². The number of amides is 1. The fourth-order valence-corrected chi connectivity index (χ4v) is 2.88. The van der Waals surface area contributed by atoms with Crippen LogP contribution in [-0.4, -0.2) is 41.5 Å². The maximum absolute atomic E-state index is 14.3. The standard InChI is InChI=1S/C20H19FN2O4/c21-17-12-23(20(24)25)9-8-18(17)27-19-10-16(7-6-15(19)11-22)26-13-14-4-2-1-3-5-14/h1-7,10,17-18H,8-9,12-13H2,(H,24,25)/t17-,18-/m0/s1. The number of hydrogen-bond acceptors (Lipinski definition) is 4. The average Bonchev–Trinajstić information content (AvgIpc) is 2.68. The van der Waals surface area contributed by atoms with Crippen LogP contribution in [0.5, 0.6) is 11.5 Å². The molecule has 27 heavy (non-hydrogen) atoms. The van der Waals surface area contributed by atoms with Crippen LogP contribution in [0.2, 0.25) is 0 Å². The molecular weight excluding hydrogens is 351 g/mol. The molecule has 0 saturated carbocycles. The summed E-state index contributed by atoms with van der Waals surface area (Å²) in [6.07, 6.45) is -3.20. The Morgan fingerprint density at radius 2 is 2.07 bits per heavy atom. The lowest BCUT2D eigenvalue weighted by atomic mass is 10.1. The fraction of sp³-hybridized carbons (Fsp3) is 0.300. The molecule has 1 N–H and O–H groups in total. The quantitative estimate of drug-likeness (QED) is 0.869. The molecule has 0 bridgehead atoms. The summed E-state index contributed by atoms with van der Waals surface area (Å²) >= 11 is 0. The predicted molar refractivity (Wildman–Crippen MR) is 95.5 cm³/mol. The van der Waals surface area contributed by atoms with Crippen LogP contribution in [0.3, 0.4) is 0 Å². The summed E-state index contributed by atoms with van der Waals surface area (Å²) in [6.45, 7) is 0.299. The normalized spacial score (nSPS) is 19.2. The molecule has 0 aliphatic carbocycles. The number of carboxylic acid groups (broad SMARTS) is 1. The topological polar surface area (TPSA) is 82.8 Å². The Labute approximate surface area is 156 Å². The van der Waals surface area contributed by atoms with Crippen LogP contribution >= 0.6 is 0 Å². The number of nitrogens with zero attached hydrogens (tertiary/aromatic N) is 2. The lowest BCUT2D eigenvalue weighted by Crippen LogP contribution is -2.48. The zero-order valence-electron chi connectivity index (χ0n) is 14.5. The van der Waals surface area contributed by atoms with Gasteiger partial charge in [0, 0.05) is 19.0 Å². The summed E-state index contributed by atoms with van der Waals surface area (Å²) in [4.78, 5) is 12.0. The van der Waals surface area contributed by atoms with Gasteiger partial charge in [-0.3, -0.25) is 0 Å². The van der Waals surface area contributed by atoms with Crippen molar-refractivity contribution in [1.82, 2.24) is 4.90 Å². The van der Waals surface area contributed by atoms with Gasteiger partial charge in [-0.25, -0.2) is 9.18 Å². The highest BCUT2D eigenvalue weighted by Crippen LogP contribution is 2.29. The van der Waals surface area contributed by atoms with Gasteiger partial charge in [0.05, 0.1) is 12.1 Å². The Balaban J connectivity index is 1.69. The van der Waals surface area contributed by atoms with Crippen LogP contribution in [0.1, 0.15) is 17.5 Å². The lowest BCUT2D eigenvalue weighted by Gasteiger charge is -2.33. The first-order valence-corrected chi connectivity index (χ1v) is 8.56. The van der Waals surface area contributed by atoms with Crippen molar-refractivity contribution in [3.63, 3.8) is 0 Å². The molecule has 2 aromatic carbocycles. The first-order chi connectivity index (χ1) is 13.1. The van der Waals surface area contributed by atoms with Crippen molar-refractivity contribution >= 4 is 6.09 Å². The van der Waals surface area contributed by atoms with Crippen LogP contribution in [0.4, 0.5) is 9.18 Å². The summed E-state index contributed by atoms with van der Waals surface area (Å²) in [5.41, 5.74) is 1.27. The second-order valence-corrected chi connectivity index (χ2v) is 6.23. The van der Waals surface area contributed by atoms with Crippen LogP contribution < -0.4 is 9.47 Å². The highest BCUT2D eigenvalue weighted by molar-refractivity contribution is 5.65. The number of benzene rings is 2. The van der Waals surface area contributed by atoms with E-state index in [4.69, 9.17) is 14.6 Å². The second kappa shape index (κ2) is 8.41. The lowest BCUT2D eigenvalue weighted by molar-refractivity contribution is 0.0246. The number of halogens is 1. The first-order valence-electron chi connectivity index (χ1n) is 8.56. The first kappa shape index (κ1) is 18.5. The van der Waals surface area contributed by atoms with Crippen molar-refractivity contribution in [3.05, 3.63) is 59.7 Å². The average molecular weight is 370 g/mol. The number of nitriles is 1. The van der Waals surface area contributed by atoms with E-state index in [9.17, 15) is 14.4 Å². The molecule has 1 amide bonds. The summed E-state index contributed by atoms with van der Waals surface area (Å²) in [7, 11) is 0. The number of alkyl halides is 1. The number of likely N-dealkylation sites (tertiary alicyclic amines) is 1. The third-order valence-corrected chi connectivity index (χ3v) is 4.35. The van der Waals surface area contributed by atoms with Gasteiger partial charge in [0.25, 0.3) is 0 Å². The molecule has 140 valence electrons. The van der Waals surface area contributed by atoms with E-state index >= 15 is 0 Å². The Morgan fingerprint density at radius 3 is 2.74 bits per heavy atom. The Hall–Kier alpha value is -3.27. The zero-order chi connectivity index (χ0) is 19.2. The molecule has 0 aromatic heterocycles. The third kappa shape index (κ3) is 4.67. The minimum Gasteiger partial charge on any atom is -0.489 e. The second-order valence-electron chi connectivity index (χ2n) is 6.23. The summed E-state index contributed by atoms with van der Waals surface area (Å²) < 4.78 is 25.7. The molecule has 2 aromatic rings. The molecule has 3 rings (SSSR count). The van der Waals surface area contributed by atoms with Crippen molar-refractivity contribution in [1.29, 1.82) is 5.26 Å². The van der Waals surface area contributed by atoms with E-state index in [0.717, 1.165) is 10.5 Å². The molecule has 1 aliphatic rings. The Kier molecular flexibility index (Phi) is 5.77. The Morgan fingerprint density at radius 1 is 1.30 bits per heavy atom.